The lowest BCUT2D eigenvalue weighted by Crippen LogP contribution is -2.28. The Hall–Kier alpha value is -9.06. The molecule has 0 saturated carbocycles. The van der Waals surface area contributed by atoms with Crippen LogP contribution in [0.3, 0.4) is 0 Å². The smallest absolute Gasteiger partial charge is 0.0714 e. The number of nitrogens with zero attached hydrogens (tertiary/aromatic N) is 2. The molecule has 14 aromatic rings. The standard InChI is InChI=1S/C72H48N2S2/c1-47-29-33-52(34-30-47)72(51-18-5-2-6-19-51)65-40-32-48-17-11-12-24-59(48)71(65)64-37-31-49(43-66(64)72)50-41-57(73(53-20-7-3-8-21-53)54-22-9-4-10-23-54)44-58(42-50)74(55-35-38-62-60-25-13-15-27-67(60)75-69(62)45-55)56-36-39-63-61-26-14-16-28-68(61)76-70(63)46-56/h2-46H,1H3. The lowest BCUT2D eigenvalue weighted by Gasteiger charge is -2.34. The molecule has 358 valence electrons. The molecule has 2 nitrogen and oxygen atoms in total. The minimum absolute atomic E-state index is 0.592. The van der Waals surface area contributed by atoms with Crippen LogP contribution in [0.1, 0.15) is 27.8 Å². The topological polar surface area (TPSA) is 6.48 Å². The third kappa shape index (κ3) is 7.06. The fourth-order valence-electron chi connectivity index (χ4n) is 12.3. The van der Waals surface area contributed by atoms with Gasteiger partial charge in [0.25, 0.3) is 0 Å². The SMILES string of the molecule is Cc1ccc(C2(c3ccccc3)c3cc(-c4cc(N(c5ccccc5)c5ccccc5)cc(N(c5ccc6c(c5)sc5ccccc56)c5ccc6c(c5)sc5ccccc56)c4)ccc3-c3c2ccc2ccccc32)cc1. The van der Waals surface area contributed by atoms with Crippen molar-refractivity contribution in [3.8, 4) is 22.3 Å². The molecule has 1 aliphatic carbocycles. The van der Waals surface area contributed by atoms with Gasteiger partial charge in [-0.25, -0.2) is 0 Å². The van der Waals surface area contributed by atoms with Crippen LogP contribution in [0.5, 0.6) is 0 Å². The van der Waals surface area contributed by atoms with Gasteiger partial charge in [-0.05, 0) is 147 Å². The Balaban J connectivity index is 1.02. The molecule has 15 rings (SSSR count). The summed E-state index contributed by atoms with van der Waals surface area (Å²) in [6.07, 6.45) is 0. The first-order valence-corrected chi connectivity index (χ1v) is 27.7. The van der Waals surface area contributed by atoms with Gasteiger partial charge in [-0.2, -0.15) is 0 Å². The summed E-state index contributed by atoms with van der Waals surface area (Å²) in [6, 6.07) is 102. The molecule has 2 heterocycles. The first kappa shape index (κ1) is 44.4. The normalized spacial score (nSPS) is 13.9. The van der Waals surface area contributed by atoms with E-state index in [-0.39, 0.29) is 0 Å². The molecule has 2 aromatic heterocycles. The van der Waals surface area contributed by atoms with Crippen LogP contribution in [0.15, 0.2) is 273 Å². The van der Waals surface area contributed by atoms with E-state index in [1.54, 1.807) is 0 Å². The maximum absolute atomic E-state index is 2.52. The van der Waals surface area contributed by atoms with Gasteiger partial charge in [0, 0.05) is 74.5 Å². The molecule has 0 radical (unpaired) electrons. The Bertz CT molecular complexity index is 4390. The number of hydrogen-bond donors (Lipinski definition) is 0. The van der Waals surface area contributed by atoms with Crippen molar-refractivity contribution >= 4 is 108 Å². The molecule has 0 saturated heterocycles. The Kier molecular flexibility index (Phi) is 10.4. The van der Waals surface area contributed by atoms with E-state index in [4.69, 9.17) is 0 Å². The van der Waals surface area contributed by atoms with Crippen LogP contribution in [0, 0.1) is 6.92 Å². The second-order valence-corrected chi connectivity index (χ2v) is 22.3. The highest BCUT2D eigenvalue weighted by molar-refractivity contribution is 7.26. The molecule has 1 atom stereocenters. The quantitative estimate of drug-likeness (QED) is 0.142. The van der Waals surface area contributed by atoms with Crippen molar-refractivity contribution in [1.29, 1.82) is 0 Å². The average Bonchev–Trinajstić information content (AvgIpc) is 4.24. The van der Waals surface area contributed by atoms with Crippen molar-refractivity contribution in [1.82, 2.24) is 0 Å². The Morgan fingerprint density at radius 3 is 1.41 bits per heavy atom. The van der Waals surface area contributed by atoms with Gasteiger partial charge in [0.1, 0.15) is 0 Å². The molecule has 0 spiro atoms. The number of anilines is 6. The van der Waals surface area contributed by atoms with Gasteiger partial charge in [-0.1, -0.05) is 194 Å². The van der Waals surface area contributed by atoms with Gasteiger partial charge in [-0.15, -0.1) is 22.7 Å². The monoisotopic (exact) mass is 1000 g/mol. The summed E-state index contributed by atoms with van der Waals surface area (Å²) in [4.78, 5) is 4.90. The number of para-hydroxylation sites is 2. The second-order valence-electron chi connectivity index (χ2n) is 20.1. The summed E-state index contributed by atoms with van der Waals surface area (Å²) in [7, 11) is 0. The minimum Gasteiger partial charge on any atom is -0.310 e. The highest BCUT2D eigenvalue weighted by atomic mass is 32.1. The highest BCUT2D eigenvalue weighted by Gasteiger charge is 2.47. The van der Waals surface area contributed by atoms with E-state index in [1.165, 1.54) is 90.1 Å². The lowest BCUT2D eigenvalue weighted by molar-refractivity contribution is 0.769. The van der Waals surface area contributed by atoms with Crippen molar-refractivity contribution in [3.63, 3.8) is 0 Å². The van der Waals surface area contributed by atoms with Crippen LogP contribution in [-0.2, 0) is 5.41 Å². The Morgan fingerprint density at radius 1 is 0.303 bits per heavy atom. The van der Waals surface area contributed by atoms with E-state index in [9.17, 15) is 0 Å². The van der Waals surface area contributed by atoms with Crippen molar-refractivity contribution < 1.29 is 0 Å². The summed E-state index contributed by atoms with van der Waals surface area (Å²) in [5.41, 5.74) is 17.1. The number of rotatable bonds is 9. The molecule has 0 N–H and O–H groups in total. The van der Waals surface area contributed by atoms with E-state index in [0.717, 1.165) is 45.3 Å². The van der Waals surface area contributed by atoms with Crippen LogP contribution < -0.4 is 9.80 Å². The third-order valence-electron chi connectivity index (χ3n) is 15.7. The summed E-state index contributed by atoms with van der Waals surface area (Å²) >= 11 is 3.72. The maximum Gasteiger partial charge on any atom is 0.0714 e. The number of benzene rings is 12. The first-order valence-electron chi connectivity index (χ1n) is 26.1. The predicted octanol–water partition coefficient (Wildman–Crippen LogP) is 20.9. The van der Waals surface area contributed by atoms with Crippen LogP contribution in [0.2, 0.25) is 0 Å². The highest BCUT2D eigenvalue weighted by Crippen LogP contribution is 2.59. The lowest BCUT2D eigenvalue weighted by atomic mass is 9.67. The molecule has 4 heteroatoms. The fraction of sp³-hybridized carbons (Fsp3) is 0.0278. The van der Waals surface area contributed by atoms with Gasteiger partial charge in [-0.3, -0.25) is 0 Å². The summed E-state index contributed by atoms with van der Waals surface area (Å²) < 4.78 is 5.11. The minimum atomic E-state index is -0.592. The van der Waals surface area contributed by atoms with Crippen LogP contribution >= 0.6 is 22.7 Å². The van der Waals surface area contributed by atoms with Crippen LogP contribution in [0.4, 0.5) is 34.1 Å². The van der Waals surface area contributed by atoms with E-state index in [2.05, 4.69) is 290 Å². The summed E-state index contributed by atoms with van der Waals surface area (Å²) in [5.74, 6) is 0. The molecule has 1 unspecified atom stereocenters. The number of hydrogen-bond acceptors (Lipinski definition) is 4. The molecule has 0 bridgehead atoms. The van der Waals surface area contributed by atoms with E-state index in [1.807, 2.05) is 22.7 Å². The van der Waals surface area contributed by atoms with E-state index in [0.29, 0.717) is 0 Å². The van der Waals surface area contributed by atoms with E-state index < -0.39 is 5.41 Å². The average molecular weight is 1010 g/mol. The van der Waals surface area contributed by atoms with E-state index >= 15 is 0 Å². The summed E-state index contributed by atoms with van der Waals surface area (Å²) in [5, 5.41) is 7.65. The van der Waals surface area contributed by atoms with Crippen molar-refractivity contribution in [3.05, 3.63) is 301 Å². The third-order valence-corrected chi connectivity index (χ3v) is 18.0. The second kappa shape index (κ2) is 17.8. The van der Waals surface area contributed by atoms with Crippen molar-refractivity contribution in [2.75, 3.05) is 9.80 Å². The molecular formula is C72H48N2S2. The van der Waals surface area contributed by atoms with Gasteiger partial charge >= 0.3 is 0 Å². The number of fused-ring (bicyclic) bond motifs is 11. The zero-order chi connectivity index (χ0) is 50.3. The van der Waals surface area contributed by atoms with Crippen molar-refractivity contribution in [2.45, 2.75) is 12.3 Å². The molecule has 1 aliphatic rings. The fourth-order valence-corrected chi connectivity index (χ4v) is 14.6. The van der Waals surface area contributed by atoms with Crippen LogP contribution in [0.25, 0.3) is 73.4 Å². The molecule has 0 fully saturated rings. The Labute approximate surface area is 450 Å². The molecular weight excluding hydrogens is 957 g/mol. The van der Waals surface area contributed by atoms with Crippen molar-refractivity contribution in [2.24, 2.45) is 0 Å². The van der Waals surface area contributed by atoms with Gasteiger partial charge in [0.15, 0.2) is 0 Å². The van der Waals surface area contributed by atoms with Gasteiger partial charge in [0.05, 0.1) is 5.41 Å². The van der Waals surface area contributed by atoms with Gasteiger partial charge in [0.2, 0.25) is 0 Å². The molecule has 0 aliphatic heterocycles. The largest absolute Gasteiger partial charge is 0.310 e. The molecule has 0 amide bonds. The molecule has 12 aromatic carbocycles. The Morgan fingerprint density at radius 2 is 0.803 bits per heavy atom. The van der Waals surface area contributed by atoms with Crippen LogP contribution in [-0.4, -0.2) is 0 Å². The first-order chi connectivity index (χ1) is 37.6. The molecule has 76 heavy (non-hydrogen) atoms. The maximum atomic E-state index is 2.52. The number of thiophene rings is 2. The zero-order valence-electron chi connectivity index (χ0n) is 41.7. The zero-order valence-corrected chi connectivity index (χ0v) is 43.3. The predicted molar refractivity (Wildman–Crippen MR) is 327 cm³/mol. The van der Waals surface area contributed by atoms with Gasteiger partial charge < -0.3 is 9.80 Å². The summed E-state index contributed by atoms with van der Waals surface area (Å²) in [6.45, 7) is 2.18. The number of aryl methyl sites for hydroxylation is 1.